The maximum atomic E-state index is 12.8. The fourth-order valence-electron chi connectivity index (χ4n) is 1.47. The molecule has 1 fully saturated rings. The van der Waals surface area contributed by atoms with E-state index in [-0.39, 0.29) is 17.5 Å². The lowest BCUT2D eigenvalue weighted by molar-refractivity contribution is -0.137. The minimum absolute atomic E-state index is 0.0107. The van der Waals surface area contributed by atoms with E-state index in [4.69, 9.17) is 15.3 Å². The third kappa shape index (κ3) is 4.11. The van der Waals surface area contributed by atoms with Crippen molar-refractivity contribution in [1.82, 2.24) is 0 Å². The molecule has 0 spiro atoms. The highest BCUT2D eigenvalue weighted by molar-refractivity contribution is 6.10. The number of nitrogens with zero attached hydrogens (tertiary/aromatic N) is 3. The molecule has 1 aliphatic rings. The van der Waals surface area contributed by atoms with Gasteiger partial charge in [0.1, 0.15) is 17.9 Å². The van der Waals surface area contributed by atoms with Crippen LogP contribution in [0.15, 0.2) is 23.3 Å². The summed E-state index contributed by atoms with van der Waals surface area (Å²) in [7, 11) is 0. The van der Waals surface area contributed by atoms with E-state index in [1.165, 1.54) is 18.2 Å². The zero-order valence-corrected chi connectivity index (χ0v) is 10.6. The second-order valence-electron chi connectivity index (χ2n) is 4.36. The van der Waals surface area contributed by atoms with E-state index < -0.39 is 17.5 Å². The van der Waals surface area contributed by atoms with E-state index in [1.54, 1.807) is 0 Å². The third-order valence-corrected chi connectivity index (χ3v) is 2.57. The average molecular weight is 294 g/mol. The van der Waals surface area contributed by atoms with Crippen LogP contribution in [0.5, 0.6) is 5.75 Å². The summed E-state index contributed by atoms with van der Waals surface area (Å²) >= 11 is 0. The molecule has 2 rings (SSSR count). The fourth-order valence-corrected chi connectivity index (χ4v) is 1.47. The molecular formula is C13H9F3N4O. The van der Waals surface area contributed by atoms with Gasteiger partial charge in [-0.25, -0.2) is 0 Å². The molecule has 1 saturated carbocycles. The van der Waals surface area contributed by atoms with Gasteiger partial charge in [-0.1, -0.05) is 0 Å². The standard InChI is InChI=1S/C13H9F3N4O/c14-13(15,16)8-3-9(19-20-10(6-17)7-18)5-12(4-8)21-11-1-2-11/h3-5,11,19H,1-2H2. The minimum atomic E-state index is -4.53. The second-order valence-corrected chi connectivity index (χ2v) is 4.36. The normalized spacial score (nSPS) is 13.8. The van der Waals surface area contributed by atoms with Gasteiger partial charge in [0.2, 0.25) is 5.71 Å². The number of rotatable bonds is 4. The van der Waals surface area contributed by atoms with Crippen molar-refractivity contribution in [1.29, 1.82) is 10.5 Å². The first-order chi connectivity index (χ1) is 9.92. The zero-order valence-electron chi connectivity index (χ0n) is 10.6. The smallest absolute Gasteiger partial charge is 0.416 e. The van der Waals surface area contributed by atoms with Crippen LogP contribution in [-0.4, -0.2) is 11.8 Å². The van der Waals surface area contributed by atoms with Crippen LogP contribution in [0, 0.1) is 22.7 Å². The highest BCUT2D eigenvalue weighted by Gasteiger charge is 2.32. The molecule has 0 radical (unpaired) electrons. The third-order valence-electron chi connectivity index (χ3n) is 2.57. The van der Waals surface area contributed by atoms with Gasteiger partial charge in [0.05, 0.1) is 17.4 Å². The SMILES string of the molecule is N#CC(C#N)=NNc1cc(OC2CC2)cc(C(F)(F)F)c1. The molecule has 1 N–H and O–H groups in total. The number of benzene rings is 1. The molecule has 0 aliphatic heterocycles. The van der Waals surface area contributed by atoms with Crippen molar-refractivity contribution in [2.75, 3.05) is 5.43 Å². The van der Waals surface area contributed by atoms with Gasteiger partial charge in [-0.3, -0.25) is 5.43 Å². The highest BCUT2D eigenvalue weighted by Crippen LogP contribution is 2.36. The van der Waals surface area contributed by atoms with Gasteiger partial charge < -0.3 is 4.74 Å². The van der Waals surface area contributed by atoms with Crippen LogP contribution in [-0.2, 0) is 6.18 Å². The topological polar surface area (TPSA) is 81.2 Å². The summed E-state index contributed by atoms with van der Waals surface area (Å²) in [6, 6.07) is 6.06. The number of hydrogen-bond donors (Lipinski definition) is 1. The van der Waals surface area contributed by atoms with Crippen LogP contribution in [0.4, 0.5) is 18.9 Å². The number of hydrazone groups is 1. The summed E-state index contributed by atoms with van der Waals surface area (Å²) in [5.41, 5.74) is 0.862. The minimum Gasteiger partial charge on any atom is -0.490 e. The van der Waals surface area contributed by atoms with E-state index in [0.717, 1.165) is 25.0 Å². The number of halogens is 3. The number of nitrogens with one attached hydrogen (secondary N) is 1. The Balaban J connectivity index is 2.29. The van der Waals surface area contributed by atoms with Crippen molar-refractivity contribution in [3.05, 3.63) is 23.8 Å². The number of anilines is 1. The molecule has 5 nitrogen and oxygen atoms in total. The predicted molar refractivity (Wildman–Crippen MR) is 67.4 cm³/mol. The van der Waals surface area contributed by atoms with Gasteiger partial charge in [-0.15, -0.1) is 0 Å². The lowest BCUT2D eigenvalue weighted by Gasteiger charge is -2.12. The van der Waals surface area contributed by atoms with E-state index in [1.807, 2.05) is 0 Å². The number of hydrogen-bond acceptors (Lipinski definition) is 5. The van der Waals surface area contributed by atoms with Crippen molar-refractivity contribution >= 4 is 11.4 Å². The summed E-state index contributed by atoms with van der Waals surface area (Å²) in [6.45, 7) is 0. The van der Waals surface area contributed by atoms with Crippen molar-refractivity contribution in [3.63, 3.8) is 0 Å². The Kier molecular flexibility index (Phi) is 3.99. The summed E-state index contributed by atoms with van der Waals surface area (Å²) in [6.07, 6.45) is -2.97. The Hall–Kier alpha value is -2.74. The molecule has 0 saturated heterocycles. The molecule has 0 heterocycles. The van der Waals surface area contributed by atoms with Crippen molar-refractivity contribution < 1.29 is 17.9 Å². The number of alkyl halides is 3. The Morgan fingerprint density at radius 3 is 2.43 bits per heavy atom. The molecule has 1 aliphatic carbocycles. The van der Waals surface area contributed by atoms with E-state index in [2.05, 4.69) is 10.5 Å². The Morgan fingerprint density at radius 2 is 1.90 bits per heavy atom. The molecule has 0 bridgehead atoms. The van der Waals surface area contributed by atoms with Crippen LogP contribution in [0.3, 0.4) is 0 Å². The molecule has 21 heavy (non-hydrogen) atoms. The first-order valence-corrected chi connectivity index (χ1v) is 5.95. The quantitative estimate of drug-likeness (QED) is 0.683. The Bertz CT molecular complexity index is 635. The van der Waals surface area contributed by atoms with E-state index >= 15 is 0 Å². The second kappa shape index (κ2) is 5.71. The van der Waals surface area contributed by atoms with E-state index in [9.17, 15) is 13.2 Å². The molecule has 0 aromatic heterocycles. The molecule has 1 aromatic carbocycles. The van der Waals surface area contributed by atoms with Crippen LogP contribution >= 0.6 is 0 Å². The lowest BCUT2D eigenvalue weighted by Crippen LogP contribution is -2.07. The molecule has 0 atom stereocenters. The van der Waals surface area contributed by atoms with E-state index in [0.29, 0.717) is 0 Å². The lowest BCUT2D eigenvalue weighted by atomic mass is 10.2. The summed E-state index contributed by atoms with van der Waals surface area (Å²) in [5.74, 6) is 0.0699. The largest absolute Gasteiger partial charge is 0.490 e. The highest BCUT2D eigenvalue weighted by atomic mass is 19.4. The van der Waals surface area contributed by atoms with Gasteiger partial charge >= 0.3 is 6.18 Å². The van der Waals surface area contributed by atoms with Crippen LogP contribution in [0.1, 0.15) is 18.4 Å². The van der Waals surface area contributed by atoms with Gasteiger partial charge in [0.25, 0.3) is 0 Å². The first-order valence-electron chi connectivity index (χ1n) is 5.95. The Labute approximate surface area is 118 Å². The van der Waals surface area contributed by atoms with Crippen LogP contribution < -0.4 is 10.2 Å². The monoisotopic (exact) mass is 294 g/mol. The maximum absolute atomic E-state index is 12.8. The molecule has 0 amide bonds. The summed E-state index contributed by atoms with van der Waals surface area (Å²) in [5, 5.41) is 20.5. The van der Waals surface area contributed by atoms with Crippen molar-refractivity contribution in [2.24, 2.45) is 5.10 Å². The van der Waals surface area contributed by atoms with Gasteiger partial charge in [-0.2, -0.15) is 28.8 Å². The summed E-state index contributed by atoms with van der Waals surface area (Å²) in [4.78, 5) is 0. The predicted octanol–water partition coefficient (Wildman–Crippen LogP) is 3.06. The summed E-state index contributed by atoms with van der Waals surface area (Å²) < 4.78 is 43.8. The van der Waals surface area contributed by atoms with Crippen LogP contribution in [0.2, 0.25) is 0 Å². The fraction of sp³-hybridized carbons (Fsp3) is 0.308. The zero-order chi connectivity index (χ0) is 15.5. The van der Waals surface area contributed by atoms with Crippen molar-refractivity contribution in [3.8, 4) is 17.9 Å². The van der Waals surface area contributed by atoms with Crippen LogP contribution in [0.25, 0.3) is 0 Å². The molecular weight excluding hydrogens is 285 g/mol. The Morgan fingerprint density at radius 1 is 1.24 bits per heavy atom. The molecule has 1 aromatic rings. The average Bonchev–Trinajstić information content (AvgIpc) is 3.22. The maximum Gasteiger partial charge on any atom is 0.416 e. The van der Waals surface area contributed by atoms with Gasteiger partial charge in [-0.05, 0) is 25.0 Å². The number of nitriles is 2. The molecule has 8 heteroatoms. The molecule has 108 valence electrons. The first kappa shape index (κ1) is 14.7. The van der Waals surface area contributed by atoms with Gasteiger partial charge in [0, 0.05) is 6.07 Å². The number of ether oxygens (including phenoxy) is 1. The molecule has 0 unspecified atom stereocenters. The van der Waals surface area contributed by atoms with Crippen molar-refractivity contribution in [2.45, 2.75) is 25.1 Å². The van der Waals surface area contributed by atoms with Gasteiger partial charge in [0.15, 0.2) is 0 Å².